The second-order valence-electron chi connectivity index (χ2n) is 3.17. The van der Waals surface area contributed by atoms with E-state index in [0.29, 0.717) is 6.10 Å². The van der Waals surface area contributed by atoms with E-state index in [9.17, 15) is 0 Å². The summed E-state index contributed by atoms with van der Waals surface area (Å²) in [5.74, 6) is 0.717. The van der Waals surface area contributed by atoms with Gasteiger partial charge in [-0.05, 0) is 19.3 Å². The molecule has 11 heavy (non-hydrogen) atoms. The van der Waals surface area contributed by atoms with Gasteiger partial charge < -0.3 is 4.74 Å². The molecule has 0 saturated heterocycles. The molecule has 0 fully saturated rings. The van der Waals surface area contributed by atoms with Crippen molar-refractivity contribution in [2.24, 2.45) is 5.92 Å². The van der Waals surface area contributed by atoms with Crippen LogP contribution < -0.4 is 0 Å². The normalized spacial score (nSPS) is 16.4. The van der Waals surface area contributed by atoms with Crippen LogP contribution in [0.15, 0.2) is 0 Å². The number of hydrogen-bond acceptors (Lipinski definition) is 1. The van der Waals surface area contributed by atoms with Gasteiger partial charge in [-0.25, -0.2) is 0 Å². The average molecular weight is 158 g/mol. The maximum Gasteiger partial charge on any atom is 0.0600 e. The molecule has 0 bridgehead atoms. The fraction of sp³-hybridized carbons (Fsp3) is 1.00. The van der Waals surface area contributed by atoms with Crippen molar-refractivity contribution in [3.8, 4) is 0 Å². The second-order valence-corrected chi connectivity index (χ2v) is 3.17. The Labute approximate surface area is 71.1 Å². The van der Waals surface area contributed by atoms with Crippen LogP contribution in [-0.4, -0.2) is 12.7 Å². The first-order chi connectivity index (χ1) is 5.26. The SMILES string of the molecule is CCCC(OCC)C(C)CC. The molecule has 2 unspecified atom stereocenters. The van der Waals surface area contributed by atoms with E-state index in [-0.39, 0.29) is 0 Å². The second kappa shape index (κ2) is 6.66. The van der Waals surface area contributed by atoms with E-state index in [1.807, 2.05) is 0 Å². The summed E-state index contributed by atoms with van der Waals surface area (Å²) in [6, 6.07) is 0. The molecule has 0 rings (SSSR count). The van der Waals surface area contributed by atoms with Gasteiger partial charge in [-0.1, -0.05) is 33.6 Å². The van der Waals surface area contributed by atoms with Gasteiger partial charge in [0.05, 0.1) is 6.10 Å². The topological polar surface area (TPSA) is 9.23 Å². The van der Waals surface area contributed by atoms with Crippen LogP contribution in [0.25, 0.3) is 0 Å². The van der Waals surface area contributed by atoms with Crippen LogP contribution in [0.1, 0.15) is 47.0 Å². The van der Waals surface area contributed by atoms with Crippen molar-refractivity contribution in [2.75, 3.05) is 6.61 Å². The van der Waals surface area contributed by atoms with E-state index < -0.39 is 0 Å². The van der Waals surface area contributed by atoms with Gasteiger partial charge in [0.25, 0.3) is 0 Å². The Morgan fingerprint density at radius 2 is 1.82 bits per heavy atom. The fourth-order valence-corrected chi connectivity index (χ4v) is 1.29. The largest absolute Gasteiger partial charge is 0.378 e. The summed E-state index contributed by atoms with van der Waals surface area (Å²) < 4.78 is 5.64. The molecule has 0 spiro atoms. The van der Waals surface area contributed by atoms with E-state index >= 15 is 0 Å². The van der Waals surface area contributed by atoms with Crippen LogP contribution in [0.2, 0.25) is 0 Å². The van der Waals surface area contributed by atoms with Crippen LogP contribution in [0, 0.1) is 5.92 Å². The zero-order chi connectivity index (χ0) is 8.69. The predicted octanol–water partition coefficient (Wildman–Crippen LogP) is 3.24. The quantitative estimate of drug-likeness (QED) is 0.576. The summed E-state index contributed by atoms with van der Waals surface area (Å²) in [5.41, 5.74) is 0. The lowest BCUT2D eigenvalue weighted by Crippen LogP contribution is -2.21. The third-order valence-electron chi connectivity index (χ3n) is 2.23. The Morgan fingerprint density at radius 3 is 2.18 bits per heavy atom. The van der Waals surface area contributed by atoms with Crippen molar-refractivity contribution in [1.82, 2.24) is 0 Å². The van der Waals surface area contributed by atoms with E-state index in [1.54, 1.807) is 0 Å². The third kappa shape index (κ3) is 4.41. The van der Waals surface area contributed by atoms with Gasteiger partial charge in [-0.3, -0.25) is 0 Å². The minimum Gasteiger partial charge on any atom is -0.378 e. The highest BCUT2D eigenvalue weighted by molar-refractivity contribution is 4.64. The molecular weight excluding hydrogens is 136 g/mol. The number of hydrogen-bond donors (Lipinski definition) is 0. The summed E-state index contributed by atoms with van der Waals surface area (Å²) in [7, 11) is 0. The monoisotopic (exact) mass is 158 g/mol. The van der Waals surface area contributed by atoms with Gasteiger partial charge in [0.2, 0.25) is 0 Å². The number of ether oxygens (including phenoxy) is 1. The smallest absolute Gasteiger partial charge is 0.0600 e. The summed E-state index contributed by atoms with van der Waals surface area (Å²) in [6.45, 7) is 9.65. The molecule has 0 heterocycles. The Morgan fingerprint density at radius 1 is 1.18 bits per heavy atom. The molecule has 0 radical (unpaired) electrons. The molecular formula is C10H22O. The first kappa shape index (κ1) is 11.0. The van der Waals surface area contributed by atoms with Gasteiger partial charge in [0.1, 0.15) is 0 Å². The summed E-state index contributed by atoms with van der Waals surface area (Å²) in [5, 5.41) is 0. The van der Waals surface area contributed by atoms with Crippen LogP contribution >= 0.6 is 0 Å². The zero-order valence-electron chi connectivity index (χ0n) is 8.39. The van der Waals surface area contributed by atoms with E-state index in [1.165, 1.54) is 19.3 Å². The Bertz CT molecular complexity index is 74.9. The zero-order valence-corrected chi connectivity index (χ0v) is 8.39. The van der Waals surface area contributed by atoms with Crippen LogP contribution in [0.5, 0.6) is 0 Å². The first-order valence-corrected chi connectivity index (χ1v) is 4.87. The van der Waals surface area contributed by atoms with Crippen molar-refractivity contribution < 1.29 is 4.74 Å². The maximum atomic E-state index is 5.64. The van der Waals surface area contributed by atoms with Crippen molar-refractivity contribution >= 4 is 0 Å². The molecule has 0 aliphatic heterocycles. The molecule has 1 nitrogen and oxygen atoms in total. The van der Waals surface area contributed by atoms with Crippen molar-refractivity contribution in [1.29, 1.82) is 0 Å². The van der Waals surface area contributed by atoms with E-state index in [0.717, 1.165) is 12.5 Å². The van der Waals surface area contributed by atoms with Gasteiger partial charge in [0.15, 0.2) is 0 Å². The van der Waals surface area contributed by atoms with Gasteiger partial charge in [0, 0.05) is 6.61 Å². The highest BCUT2D eigenvalue weighted by Crippen LogP contribution is 2.16. The molecule has 0 saturated carbocycles. The molecule has 0 aromatic rings. The lowest BCUT2D eigenvalue weighted by molar-refractivity contribution is 0.0179. The minimum absolute atomic E-state index is 0.495. The fourth-order valence-electron chi connectivity index (χ4n) is 1.29. The van der Waals surface area contributed by atoms with Gasteiger partial charge >= 0.3 is 0 Å². The van der Waals surface area contributed by atoms with Gasteiger partial charge in [-0.15, -0.1) is 0 Å². The van der Waals surface area contributed by atoms with Crippen molar-refractivity contribution in [3.63, 3.8) is 0 Å². The molecule has 0 amide bonds. The lowest BCUT2D eigenvalue weighted by atomic mass is 9.98. The molecule has 68 valence electrons. The van der Waals surface area contributed by atoms with Crippen LogP contribution in [0.3, 0.4) is 0 Å². The van der Waals surface area contributed by atoms with Gasteiger partial charge in [-0.2, -0.15) is 0 Å². The standard InChI is InChI=1S/C10H22O/c1-5-8-10(11-7-3)9(4)6-2/h9-10H,5-8H2,1-4H3. The molecule has 0 aliphatic rings. The Balaban J connectivity index is 3.66. The predicted molar refractivity (Wildman–Crippen MR) is 49.8 cm³/mol. The lowest BCUT2D eigenvalue weighted by Gasteiger charge is -2.22. The molecule has 0 aromatic heterocycles. The maximum absolute atomic E-state index is 5.64. The van der Waals surface area contributed by atoms with E-state index in [2.05, 4.69) is 27.7 Å². The van der Waals surface area contributed by atoms with Crippen LogP contribution in [-0.2, 0) is 4.74 Å². The molecule has 1 heteroatoms. The van der Waals surface area contributed by atoms with Crippen molar-refractivity contribution in [3.05, 3.63) is 0 Å². The summed E-state index contributed by atoms with van der Waals surface area (Å²) in [6.07, 6.45) is 4.16. The molecule has 0 aliphatic carbocycles. The number of rotatable bonds is 6. The molecule has 0 aromatic carbocycles. The van der Waals surface area contributed by atoms with E-state index in [4.69, 9.17) is 4.74 Å². The molecule has 2 atom stereocenters. The summed E-state index contributed by atoms with van der Waals surface area (Å²) >= 11 is 0. The highest BCUT2D eigenvalue weighted by atomic mass is 16.5. The Hall–Kier alpha value is -0.0400. The van der Waals surface area contributed by atoms with Crippen molar-refractivity contribution in [2.45, 2.75) is 53.1 Å². The molecule has 0 N–H and O–H groups in total. The summed E-state index contributed by atoms with van der Waals surface area (Å²) in [4.78, 5) is 0. The average Bonchev–Trinajstić information content (AvgIpc) is 2.03. The highest BCUT2D eigenvalue weighted by Gasteiger charge is 2.13. The minimum atomic E-state index is 0.495. The third-order valence-corrected chi connectivity index (χ3v) is 2.23. The first-order valence-electron chi connectivity index (χ1n) is 4.87. The Kier molecular flexibility index (Phi) is 6.63. The van der Waals surface area contributed by atoms with Crippen LogP contribution in [0.4, 0.5) is 0 Å².